The Hall–Kier alpha value is -2.05. The maximum absolute atomic E-state index is 5.73. The molecule has 0 unspecified atom stereocenters. The zero-order valence-electron chi connectivity index (χ0n) is 16.0. The minimum Gasteiger partial charge on any atom is -0.495 e. The molecular weight excluding hydrogens is 358 g/mol. The number of benzene rings is 1. The van der Waals surface area contributed by atoms with E-state index in [4.69, 9.17) is 21.4 Å². The van der Waals surface area contributed by atoms with Gasteiger partial charge in [0, 0.05) is 13.1 Å². The predicted molar refractivity (Wildman–Crippen MR) is 113 cm³/mol. The van der Waals surface area contributed by atoms with Gasteiger partial charge in [-0.15, -0.1) is 0 Å². The number of hydrogen-bond donors (Lipinski definition) is 1. The molecule has 0 saturated carbocycles. The number of nitrogens with zero attached hydrogens (tertiary/aromatic N) is 2. The lowest BCUT2D eigenvalue weighted by Crippen LogP contribution is -2.40. The van der Waals surface area contributed by atoms with E-state index < -0.39 is 0 Å². The van der Waals surface area contributed by atoms with Crippen LogP contribution in [0.2, 0.25) is 0 Å². The van der Waals surface area contributed by atoms with Crippen LogP contribution in [0, 0.1) is 0 Å². The Balaban J connectivity index is 1.65. The van der Waals surface area contributed by atoms with E-state index in [-0.39, 0.29) is 0 Å². The summed E-state index contributed by atoms with van der Waals surface area (Å²) in [5.41, 5.74) is 0.879. The van der Waals surface area contributed by atoms with Gasteiger partial charge in [-0.1, -0.05) is 25.0 Å². The van der Waals surface area contributed by atoms with E-state index in [1.807, 2.05) is 36.4 Å². The minimum absolute atomic E-state index is 0.655. The molecule has 146 valence electrons. The number of thiocarbonyl (C=S) groups is 1. The zero-order valence-corrected chi connectivity index (χ0v) is 16.8. The average molecular weight is 388 g/mol. The van der Waals surface area contributed by atoms with Crippen molar-refractivity contribution in [1.82, 2.24) is 9.80 Å². The number of para-hydroxylation sites is 2. The molecule has 1 N–H and O–H groups in total. The first kappa shape index (κ1) is 19.7. The molecule has 1 aromatic heterocycles. The maximum atomic E-state index is 5.73. The van der Waals surface area contributed by atoms with Crippen LogP contribution in [0.3, 0.4) is 0 Å². The second kappa shape index (κ2) is 10.3. The molecule has 0 amide bonds. The highest BCUT2D eigenvalue weighted by Crippen LogP contribution is 2.23. The van der Waals surface area contributed by atoms with Gasteiger partial charge in [-0.25, -0.2) is 0 Å². The molecule has 0 aliphatic carbocycles. The van der Waals surface area contributed by atoms with Crippen LogP contribution >= 0.6 is 12.2 Å². The van der Waals surface area contributed by atoms with Gasteiger partial charge in [0.1, 0.15) is 11.5 Å². The van der Waals surface area contributed by atoms with Gasteiger partial charge in [-0.3, -0.25) is 0 Å². The Morgan fingerprint density at radius 1 is 1.15 bits per heavy atom. The monoisotopic (exact) mass is 387 g/mol. The first-order valence-electron chi connectivity index (χ1n) is 9.70. The van der Waals surface area contributed by atoms with Crippen LogP contribution in [0.15, 0.2) is 47.1 Å². The van der Waals surface area contributed by atoms with Crippen molar-refractivity contribution in [2.24, 2.45) is 0 Å². The number of likely N-dealkylation sites (tertiary alicyclic amines) is 1. The Labute approximate surface area is 167 Å². The highest BCUT2D eigenvalue weighted by Gasteiger charge is 2.16. The number of hydrogen-bond acceptors (Lipinski definition) is 4. The summed E-state index contributed by atoms with van der Waals surface area (Å²) in [5.74, 6) is 1.69. The van der Waals surface area contributed by atoms with Crippen molar-refractivity contribution < 1.29 is 9.15 Å². The van der Waals surface area contributed by atoms with Gasteiger partial charge in [-0.05, 0) is 62.4 Å². The molecule has 1 fully saturated rings. The topological polar surface area (TPSA) is 40.9 Å². The van der Waals surface area contributed by atoms with E-state index in [9.17, 15) is 0 Å². The third-order valence-corrected chi connectivity index (χ3v) is 5.31. The standard InChI is InChI=1S/C21H29N3O2S/c1-25-20-11-5-4-10-19(20)22-21(27)24(17-18-9-8-16-26-18)15-14-23-12-6-2-3-7-13-23/h4-5,8-11,16H,2-3,6-7,12-15,17H2,1H3,(H,22,27). The van der Waals surface area contributed by atoms with Gasteiger partial charge >= 0.3 is 0 Å². The number of anilines is 1. The van der Waals surface area contributed by atoms with E-state index in [0.29, 0.717) is 11.7 Å². The molecular formula is C21H29N3O2S. The summed E-state index contributed by atoms with van der Waals surface area (Å²) in [6, 6.07) is 11.7. The van der Waals surface area contributed by atoms with Gasteiger partial charge in [-0.2, -0.15) is 0 Å². The number of rotatable bonds is 7. The van der Waals surface area contributed by atoms with E-state index in [1.54, 1.807) is 13.4 Å². The molecule has 6 heteroatoms. The molecule has 2 heterocycles. The molecule has 0 bridgehead atoms. The average Bonchev–Trinajstić information content (AvgIpc) is 3.06. The number of furan rings is 1. The fraction of sp³-hybridized carbons (Fsp3) is 0.476. The summed E-state index contributed by atoms with van der Waals surface area (Å²) in [6.07, 6.45) is 6.99. The van der Waals surface area contributed by atoms with E-state index >= 15 is 0 Å². The first-order chi connectivity index (χ1) is 13.3. The Bertz CT molecular complexity index is 697. The molecule has 2 aromatic rings. The molecule has 27 heavy (non-hydrogen) atoms. The summed E-state index contributed by atoms with van der Waals surface area (Å²) in [5, 5.41) is 4.03. The summed E-state index contributed by atoms with van der Waals surface area (Å²) in [6.45, 7) is 4.89. The minimum atomic E-state index is 0.655. The molecule has 0 spiro atoms. The van der Waals surface area contributed by atoms with Crippen molar-refractivity contribution in [2.45, 2.75) is 32.2 Å². The molecule has 0 atom stereocenters. The summed E-state index contributed by atoms with van der Waals surface area (Å²) < 4.78 is 11.0. The van der Waals surface area contributed by atoms with Crippen molar-refractivity contribution in [2.75, 3.05) is 38.6 Å². The predicted octanol–water partition coefficient (Wildman–Crippen LogP) is 4.36. The van der Waals surface area contributed by atoms with Crippen LogP contribution in [0.4, 0.5) is 5.69 Å². The van der Waals surface area contributed by atoms with Gasteiger partial charge in [0.05, 0.1) is 25.6 Å². The van der Waals surface area contributed by atoms with Gasteiger partial charge in [0.15, 0.2) is 5.11 Å². The summed E-state index contributed by atoms with van der Waals surface area (Å²) in [7, 11) is 1.67. The molecule has 1 aromatic carbocycles. The lowest BCUT2D eigenvalue weighted by molar-refractivity contribution is 0.247. The van der Waals surface area contributed by atoms with Crippen LogP contribution in [0.25, 0.3) is 0 Å². The smallest absolute Gasteiger partial charge is 0.173 e. The third kappa shape index (κ3) is 5.97. The Morgan fingerprint density at radius 3 is 2.63 bits per heavy atom. The summed E-state index contributed by atoms with van der Waals surface area (Å²) in [4.78, 5) is 4.72. The van der Waals surface area contributed by atoms with Gasteiger partial charge in [0.2, 0.25) is 0 Å². The number of methoxy groups -OCH3 is 1. The largest absolute Gasteiger partial charge is 0.495 e. The van der Waals surface area contributed by atoms with Crippen LogP contribution < -0.4 is 10.1 Å². The first-order valence-corrected chi connectivity index (χ1v) is 10.1. The Kier molecular flexibility index (Phi) is 7.54. The van der Waals surface area contributed by atoms with Gasteiger partial charge in [0.25, 0.3) is 0 Å². The molecule has 0 radical (unpaired) electrons. The van der Waals surface area contributed by atoms with Crippen LogP contribution in [-0.2, 0) is 6.54 Å². The number of ether oxygens (including phenoxy) is 1. The molecule has 1 aliphatic rings. The van der Waals surface area contributed by atoms with E-state index in [2.05, 4.69) is 15.1 Å². The van der Waals surface area contributed by atoms with Gasteiger partial charge < -0.3 is 24.3 Å². The van der Waals surface area contributed by atoms with E-state index in [0.717, 1.165) is 30.3 Å². The number of nitrogens with one attached hydrogen (secondary N) is 1. The fourth-order valence-corrected chi connectivity index (χ4v) is 3.67. The second-order valence-corrected chi connectivity index (χ2v) is 7.27. The second-order valence-electron chi connectivity index (χ2n) is 6.89. The van der Waals surface area contributed by atoms with Crippen LogP contribution in [0.5, 0.6) is 5.75 Å². The Morgan fingerprint density at radius 2 is 1.93 bits per heavy atom. The normalized spacial score (nSPS) is 15.1. The molecule has 1 saturated heterocycles. The highest BCUT2D eigenvalue weighted by atomic mass is 32.1. The molecule has 1 aliphatic heterocycles. The maximum Gasteiger partial charge on any atom is 0.173 e. The quantitative estimate of drug-likeness (QED) is 0.712. The third-order valence-electron chi connectivity index (χ3n) is 4.95. The fourth-order valence-electron chi connectivity index (χ4n) is 3.41. The lowest BCUT2D eigenvalue weighted by atomic mass is 10.2. The van der Waals surface area contributed by atoms with E-state index in [1.165, 1.54) is 38.8 Å². The van der Waals surface area contributed by atoms with Crippen LogP contribution in [-0.4, -0.2) is 48.2 Å². The summed E-state index contributed by atoms with van der Waals surface area (Å²) >= 11 is 5.73. The van der Waals surface area contributed by atoms with Crippen molar-refractivity contribution >= 4 is 23.0 Å². The zero-order chi connectivity index (χ0) is 18.9. The molecule has 3 rings (SSSR count). The SMILES string of the molecule is COc1ccccc1NC(=S)N(CCN1CCCCCC1)Cc1ccco1. The molecule has 5 nitrogen and oxygen atoms in total. The van der Waals surface area contributed by atoms with Crippen molar-refractivity contribution in [1.29, 1.82) is 0 Å². The van der Waals surface area contributed by atoms with Crippen molar-refractivity contribution in [3.8, 4) is 5.75 Å². The van der Waals surface area contributed by atoms with Crippen LogP contribution in [0.1, 0.15) is 31.4 Å². The van der Waals surface area contributed by atoms with Crippen molar-refractivity contribution in [3.63, 3.8) is 0 Å². The lowest BCUT2D eigenvalue weighted by Gasteiger charge is -2.29. The van der Waals surface area contributed by atoms with Crippen molar-refractivity contribution in [3.05, 3.63) is 48.4 Å². The highest BCUT2D eigenvalue weighted by molar-refractivity contribution is 7.80.